The molecule has 0 radical (unpaired) electrons. The van der Waals surface area contributed by atoms with Gasteiger partial charge in [0.25, 0.3) is 0 Å². The summed E-state index contributed by atoms with van der Waals surface area (Å²) in [6, 6.07) is 6.69. The second-order valence-electron chi connectivity index (χ2n) is 5.76. The zero-order chi connectivity index (χ0) is 13.4. The van der Waals surface area contributed by atoms with E-state index in [9.17, 15) is 9.18 Å². The van der Waals surface area contributed by atoms with Crippen molar-refractivity contribution in [2.75, 3.05) is 19.6 Å². The molecule has 0 saturated carbocycles. The Labute approximate surface area is 112 Å². The summed E-state index contributed by atoms with van der Waals surface area (Å²) < 4.78 is 13.4. The van der Waals surface area contributed by atoms with Crippen LogP contribution in [0.1, 0.15) is 24.9 Å². The van der Waals surface area contributed by atoms with Crippen molar-refractivity contribution in [2.24, 2.45) is 11.8 Å². The second-order valence-corrected chi connectivity index (χ2v) is 5.76. The van der Waals surface area contributed by atoms with Crippen LogP contribution >= 0.6 is 0 Å². The Kier molecular flexibility index (Phi) is 3.27. The normalized spacial score (nSPS) is 27.4. The first-order chi connectivity index (χ1) is 9.15. The molecular weight excluding hydrogens is 243 g/mol. The molecule has 19 heavy (non-hydrogen) atoms. The summed E-state index contributed by atoms with van der Waals surface area (Å²) in [6.45, 7) is 4.49. The molecule has 2 aliphatic heterocycles. The van der Waals surface area contributed by atoms with Gasteiger partial charge in [-0.25, -0.2) is 4.39 Å². The van der Waals surface area contributed by atoms with Gasteiger partial charge in [-0.2, -0.15) is 0 Å². The highest BCUT2D eigenvalue weighted by Crippen LogP contribution is 2.36. The van der Waals surface area contributed by atoms with Crippen molar-refractivity contribution in [3.63, 3.8) is 0 Å². The van der Waals surface area contributed by atoms with E-state index in [2.05, 4.69) is 12.2 Å². The summed E-state index contributed by atoms with van der Waals surface area (Å²) in [5.74, 6) is 0.582. The summed E-state index contributed by atoms with van der Waals surface area (Å²) in [5.41, 5.74) is 0.921. The van der Waals surface area contributed by atoms with Crippen LogP contribution in [0.3, 0.4) is 0 Å². The van der Waals surface area contributed by atoms with Gasteiger partial charge >= 0.3 is 0 Å². The van der Waals surface area contributed by atoms with Crippen LogP contribution in [0.5, 0.6) is 0 Å². The fourth-order valence-electron chi connectivity index (χ4n) is 3.02. The zero-order valence-electron chi connectivity index (χ0n) is 11.1. The van der Waals surface area contributed by atoms with E-state index in [1.54, 1.807) is 12.1 Å². The van der Waals surface area contributed by atoms with Crippen LogP contribution in [0, 0.1) is 17.7 Å². The topological polar surface area (TPSA) is 32.3 Å². The average molecular weight is 262 g/mol. The van der Waals surface area contributed by atoms with Crippen LogP contribution in [0.2, 0.25) is 0 Å². The van der Waals surface area contributed by atoms with Crippen LogP contribution in [0.15, 0.2) is 24.3 Å². The minimum absolute atomic E-state index is 0.0406. The molecule has 0 aromatic heterocycles. The third-order valence-corrected chi connectivity index (χ3v) is 4.16. The Balaban J connectivity index is 1.83. The van der Waals surface area contributed by atoms with Crippen LogP contribution in [0.4, 0.5) is 4.39 Å². The van der Waals surface area contributed by atoms with Gasteiger partial charge in [-0.05, 0) is 30.0 Å². The lowest BCUT2D eigenvalue weighted by Gasteiger charge is -2.33. The lowest BCUT2D eigenvalue weighted by Crippen LogP contribution is -2.51. The number of nitrogens with one attached hydrogen (secondary N) is 1. The summed E-state index contributed by atoms with van der Waals surface area (Å²) >= 11 is 0. The molecule has 0 spiro atoms. The molecule has 1 amide bonds. The van der Waals surface area contributed by atoms with E-state index in [0.29, 0.717) is 5.92 Å². The average Bonchev–Trinajstić information content (AvgIpc) is 2.69. The third kappa shape index (κ3) is 2.37. The molecule has 3 rings (SSSR count). The van der Waals surface area contributed by atoms with Gasteiger partial charge in [0.2, 0.25) is 5.91 Å². The highest BCUT2D eigenvalue weighted by molar-refractivity contribution is 5.81. The van der Waals surface area contributed by atoms with E-state index in [-0.39, 0.29) is 23.7 Å². The first kappa shape index (κ1) is 12.6. The molecule has 0 bridgehead atoms. The number of likely N-dealkylation sites (tertiary alicyclic amines) is 1. The van der Waals surface area contributed by atoms with Crippen LogP contribution < -0.4 is 5.32 Å². The molecule has 1 aromatic rings. The first-order valence-corrected chi connectivity index (χ1v) is 6.92. The van der Waals surface area contributed by atoms with Crippen molar-refractivity contribution < 1.29 is 9.18 Å². The Morgan fingerprint density at radius 3 is 2.84 bits per heavy atom. The molecule has 2 heterocycles. The molecule has 4 heteroatoms. The molecule has 2 atom stereocenters. The van der Waals surface area contributed by atoms with Crippen molar-refractivity contribution in [1.29, 1.82) is 0 Å². The molecule has 102 valence electrons. The zero-order valence-corrected chi connectivity index (χ0v) is 11.1. The fourth-order valence-corrected chi connectivity index (χ4v) is 3.02. The maximum absolute atomic E-state index is 13.4. The number of rotatable bonds is 2. The molecular formula is C15H19FN2O. The molecule has 2 saturated heterocycles. The van der Waals surface area contributed by atoms with Crippen LogP contribution in [-0.4, -0.2) is 30.4 Å². The van der Waals surface area contributed by atoms with Crippen LogP contribution in [-0.2, 0) is 4.79 Å². The minimum atomic E-state index is -0.227. The first-order valence-electron chi connectivity index (χ1n) is 6.92. The SMILES string of the molecule is CC1CC(c2cccc(F)c2)N(C(=O)C2CNC2)C1. The highest BCUT2D eigenvalue weighted by atomic mass is 19.1. The predicted octanol–water partition coefficient (Wildman–Crippen LogP) is 1.95. The number of carbonyl (C=O) groups excluding carboxylic acids is 1. The maximum atomic E-state index is 13.4. The quantitative estimate of drug-likeness (QED) is 0.883. The fraction of sp³-hybridized carbons (Fsp3) is 0.533. The van der Waals surface area contributed by atoms with Gasteiger partial charge in [-0.3, -0.25) is 4.79 Å². The summed E-state index contributed by atoms with van der Waals surface area (Å²) in [6.07, 6.45) is 0.926. The van der Waals surface area contributed by atoms with Gasteiger partial charge < -0.3 is 10.2 Å². The molecule has 3 nitrogen and oxygen atoms in total. The Hall–Kier alpha value is -1.42. The number of hydrogen-bond acceptors (Lipinski definition) is 2. The standard InChI is InChI=1S/C15H19FN2O/c1-10-5-14(11-3-2-4-13(16)6-11)18(9-10)15(19)12-7-17-8-12/h2-4,6,10,12,14,17H,5,7-9H2,1H3. The Bertz CT molecular complexity index is 487. The molecule has 1 aromatic carbocycles. The summed E-state index contributed by atoms with van der Waals surface area (Å²) in [4.78, 5) is 14.4. The van der Waals surface area contributed by atoms with Gasteiger partial charge in [0.1, 0.15) is 5.82 Å². The largest absolute Gasteiger partial charge is 0.335 e. The molecule has 0 aliphatic carbocycles. The molecule has 1 N–H and O–H groups in total. The lowest BCUT2D eigenvalue weighted by atomic mass is 9.98. The summed E-state index contributed by atoms with van der Waals surface area (Å²) in [5, 5.41) is 3.13. The third-order valence-electron chi connectivity index (χ3n) is 4.16. The van der Waals surface area contributed by atoms with E-state index in [0.717, 1.165) is 31.6 Å². The van der Waals surface area contributed by atoms with Crippen molar-refractivity contribution in [3.05, 3.63) is 35.6 Å². The van der Waals surface area contributed by atoms with Gasteiger partial charge in [0, 0.05) is 19.6 Å². The Morgan fingerprint density at radius 1 is 1.42 bits per heavy atom. The number of halogens is 1. The van der Waals surface area contributed by atoms with E-state index in [4.69, 9.17) is 0 Å². The van der Waals surface area contributed by atoms with E-state index in [1.807, 2.05) is 11.0 Å². The van der Waals surface area contributed by atoms with Gasteiger partial charge in [-0.1, -0.05) is 19.1 Å². The molecule has 2 unspecified atom stereocenters. The molecule has 2 fully saturated rings. The minimum Gasteiger partial charge on any atom is -0.335 e. The van der Waals surface area contributed by atoms with E-state index in [1.165, 1.54) is 6.07 Å². The van der Waals surface area contributed by atoms with Gasteiger partial charge in [0.15, 0.2) is 0 Å². The van der Waals surface area contributed by atoms with Gasteiger partial charge in [0.05, 0.1) is 12.0 Å². The van der Waals surface area contributed by atoms with Crippen molar-refractivity contribution >= 4 is 5.91 Å². The second kappa shape index (κ2) is 4.93. The van der Waals surface area contributed by atoms with E-state index < -0.39 is 0 Å². The number of hydrogen-bond donors (Lipinski definition) is 1. The summed E-state index contributed by atoms with van der Waals surface area (Å²) in [7, 11) is 0. The van der Waals surface area contributed by atoms with Crippen molar-refractivity contribution in [2.45, 2.75) is 19.4 Å². The number of amides is 1. The highest BCUT2D eigenvalue weighted by Gasteiger charge is 2.38. The smallest absolute Gasteiger partial charge is 0.228 e. The number of benzene rings is 1. The number of carbonyl (C=O) groups is 1. The van der Waals surface area contributed by atoms with E-state index >= 15 is 0 Å². The van der Waals surface area contributed by atoms with Crippen LogP contribution in [0.25, 0.3) is 0 Å². The monoisotopic (exact) mass is 262 g/mol. The lowest BCUT2D eigenvalue weighted by molar-refractivity contribution is -0.138. The molecule has 2 aliphatic rings. The number of nitrogens with zero attached hydrogens (tertiary/aromatic N) is 1. The van der Waals surface area contributed by atoms with Crippen molar-refractivity contribution in [1.82, 2.24) is 10.2 Å². The van der Waals surface area contributed by atoms with Gasteiger partial charge in [-0.15, -0.1) is 0 Å². The maximum Gasteiger partial charge on any atom is 0.228 e. The Morgan fingerprint density at radius 2 is 2.21 bits per heavy atom. The van der Waals surface area contributed by atoms with Crippen molar-refractivity contribution in [3.8, 4) is 0 Å². The predicted molar refractivity (Wildman–Crippen MR) is 71.0 cm³/mol.